The molecule has 2 aromatic rings. The minimum atomic E-state index is -0.384. The molecule has 0 saturated carbocycles. The zero-order valence-electron chi connectivity index (χ0n) is 12.2. The molecule has 0 spiro atoms. The Bertz CT molecular complexity index is 603. The molecule has 1 N–H and O–H groups in total. The lowest BCUT2D eigenvalue weighted by Gasteiger charge is -2.15. The summed E-state index contributed by atoms with van der Waals surface area (Å²) >= 11 is 5.70. The van der Waals surface area contributed by atoms with Crippen LogP contribution in [0.5, 0.6) is 0 Å². The van der Waals surface area contributed by atoms with Crippen LogP contribution >= 0.6 is 11.6 Å². The number of halogens is 2. The van der Waals surface area contributed by atoms with Gasteiger partial charge in [0, 0.05) is 19.7 Å². The van der Waals surface area contributed by atoms with Crippen LogP contribution in [0.4, 0.5) is 4.39 Å². The molecule has 0 aliphatic rings. The third-order valence-corrected chi connectivity index (χ3v) is 3.66. The normalized spacial score (nSPS) is 12.4. The van der Waals surface area contributed by atoms with Crippen LogP contribution in [0.3, 0.4) is 0 Å². The van der Waals surface area contributed by atoms with E-state index in [-0.39, 0.29) is 16.9 Å². The standard InChI is InChI=1S/C17H19ClFNO/c1-12(15-6-7-16(18)17(19)9-15)20-10-13-4-3-5-14(8-13)11-21-2/h3-9,12,20H,10-11H2,1-2H3. The Morgan fingerprint density at radius 1 is 1.19 bits per heavy atom. The van der Waals surface area contributed by atoms with Crippen molar-refractivity contribution in [2.45, 2.75) is 26.1 Å². The highest BCUT2D eigenvalue weighted by Gasteiger charge is 2.08. The van der Waals surface area contributed by atoms with E-state index in [2.05, 4.69) is 17.4 Å². The average molecular weight is 308 g/mol. The third kappa shape index (κ3) is 4.53. The summed E-state index contributed by atoms with van der Waals surface area (Å²) in [6.07, 6.45) is 0. The first-order valence-electron chi connectivity index (χ1n) is 6.85. The van der Waals surface area contributed by atoms with Gasteiger partial charge in [-0.05, 0) is 35.7 Å². The van der Waals surface area contributed by atoms with E-state index in [4.69, 9.17) is 16.3 Å². The van der Waals surface area contributed by atoms with E-state index in [9.17, 15) is 4.39 Å². The van der Waals surface area contributed by atoms with Crippen LogP contribution in [0, 0.1) is 5.82 Å². The highest BCUT2D eigenvalue weighted by molar-refractivity contribution is 6.30. The van der Waals surface area contributed by atoms with E-state index in [1.807, 2.05) is 25.1 Å². The number of hydrogen-bond acceptors (Lipinski definition) is 2. The van der Waals surface area contributed by atoms with Crippen LogP contribution in [0.25, 0.3) is 0 Å². The maximum atomic E-state index is 13.5. The van der Waals surface area contributed by atoms with Gasteiger partial charge < -0.3 is 10.1 Å². The molecule has 0 saturated heterocycles. The summed E-state index contributed by atoms with van der Waals surface area (Å²) in [5.41, 5.74) is 3.19. The van der Waals surface area contributed by atoms with Crippen LogP contribution < -0.4 is 5.32 Å². The van der Waals surface area contributed by atoms with Crippen molar-refractivity contribution in [2.24, 2.45) is 0 Å². The monoisotopic (exact) mass is 307 g/mol. The summed E-state index contributed by atoms with van der Waals surface area (Å²) in [7, 11) is 1.68. The summed E-state index contributed by atoms with van der Waals surface area (Å²) in [5, 5.41) is 3.53. The second-order valence-corrected chi connectivity index (χ2v) is 5.44. The lowest BCUT2D eigenvalue weighted by Crippen LogP contribution is -2.18. The largest absolute Gasteiger partial charge is 0.380 e. The van der Waals surface area contributed by atoms with Gasteiger partial charge in [0.05, 0.1) is 11.6 Å². The summed E-state index contributed by atoms with van der Waals surface area (Å²) in [4.78, 5) is 0. The van der Waals surface area contributed by atoms with Crippen molar-refractivity contribution in [3.63, 3.8) is 0 Å². The number of methoxy groups -OCH3 is 1. The molecule has 0 aliphatic heterocycles. The first kappa shape index (κ1) is 16.0. The van der Waals surface area contributed by atoms with E-state index >= 15 is 0 Å². The fourth-order valence-electron chi connectivity index (χ4n) is 2.17. The molecule has 2 aromatic carbocycles. The predicted octanol–water partition coefficient (Wildman–Crippen LogP) is 4.48. The Balaban J connectivity index is 1.98. The van der Waals surface area contributed by atoms with E-state index in [1.165, 1.54) is 11.6 Å². The molecule has 0 aliphatic carbocycles. The van der Waals surface area contributed by atoms with Gasteiger partial charge in [-0.1, -0.05) is 41.9 Å². The van der Waals surface area contributed by atoms with Gasteiger partial charge in [0.1, 0.15) is 5.82 Å². The first-order valence-corrected chi connectivity index (χ1v) is 7.23. The van der Waals surface area contributed by atoms with E-state index in [1.54, 1.807) is 13.2 Å². The summed E-state index contributed by atoms with van der Waals surface area (Å²) in [6.45, 7) is 3.32. The third-order valence-electron chi connectivity index (χ3n) is 3.36. The quantitative estimate of drug-likeness (QED) is 0.850. The maximum absolute atomic E-state index is 13.5. The maximum Gasteiger partial charge on any atom is 0.142 e. The summed E-state index contributed by atoms with van der Waals surface area (Å²) in [6, 6.07) is 13.1. The lowest BCUT2D eigenvalue weighted by atomic mass is 10.1. The number of benzene rings is 2. The fourth-order valence-corrected chi connectivity index (χ4v) is 2.28. The number of nitrogens with one attached hydrogen (secondary N) is 1. The number of rotatable bonds is 6. The topological polar surface area (TPSA) is 21.3 Å². The van der Waals surface area contributed by atoms with Crippen LogP contribution in [0.2, 0.25) is 5.02 Å². The Labute approximate surface area is 129 Å². The molecule has 0 bridgehead atoms. The van der Waals surface area contributed by atoms with Gasteiger partial charge in [-0.25, -0.2) is 4.39 Å². The molecule has 1 atom stereocenters. The molecule has 112 valence electrons. The Morgan fingerprint density at radius 2 is 1.95 bits per heavy atom. The van der Waals surface area contributed by atoms with Crippen molar-refractivity contribution >= 4 is 11.6 Å². The van der Waals surface area contributed by atoms with Crippen molar-refractivity contribution in [3.8, 4) is 0 Å². The Hall–Kier alpha value is -1.42. The van der Waals surface area contributed by atoms with Gasteiger partial charge >= 0.3 is 0 Å². The van der Waals surface area contributed by atoms with Gasteiger partial charge in [-0.15, -0.1) is 0 Å². The molecule has 0 amide bonds. The second kappa shape index (κ2) is 7.55. The zero-order valence-corrected chi connectivity index (χ0v) is 13.0. The molecule has 1 unspecified atom stereocenters. The molecule has 2 rings (SSSR count). The van der Waals surface area contributed by atoms with Crippen LogP contribution in [0.15, 0.2) is 42.5 Å². The first-order chi connectivity index (χ1) is 10.1. The van der Waals surface area contributed by atoms with Crippen molar-refractivity contribution < 1.29 is 9.13 Å². The molecule has 4 heteroatoms. The predicted molar refractivity (Wildman–Crippen MR) is 83.8 cm³/mol. The molecular weight excluding hydrogens is 289 g/mol. The fraction of sp³-hybridized carbons (Fsp3) is 0.294. The minimum Gasteiger partial charge on any atom is -0.380 e. The number of ether oxygens (including phenoxy) is 1. The molecule has 2 nitrogen and oxygen atoms in total. The number of hydrogen-bond donors (Lipinski definition) is 1. The van der Waals surface area contributed by atoms with Gasteiger partial charge in [0.15, 0.2) is 0 Å². The van der Waals surface area contributed by atoms with E-state index in [0.29, 0.717) is 13.2 Å². The molecular formula is C17H19ClFNO. The van der Waals surface area contributed by atoms with E-state index in [0.717, 1.165) is 11.1 Å². The highest BCUT2D eigenvalue weighted by atomic mass is 35.5. The molecule has 0 aromatic heterocycles. The highest BCUT2D eigenvalue weighted by Crippen LogP contribution is 2.20. The molecule has 0 fully saturated rings. The second-order valence-electron chi connectivity index (χ2n) is 5.03. The average Bonchev–Trinajstić information content (AvgIpc) is 2.48. The van der Waals surface area contributed by atoms with Gasteiger partial charge in [-0.3, -0.25) is 0 Å². The van der Waals surface area contributed by atoms with Crippen molar-refractivity contribution in [1.29, 1.82) is 0 Å². The molecule has 0 radical (unpaired) electrons. The summed E-state index contributed by atoms with van der Waals surface area (Å²) in [5.74, 6) is -0.384. The molecule has 21 heavy (non-hydrogen) atoms. The Morgan fingerprint density at radius 3 is 2.67 bits per heavy atom. The van der Waals surface area contributed by atoms with Crippen molar-refractivity contribution in [1.82, 2.24) is 5.32 Å². The zero-order chi connectivity index (χ0) is 15.2. The van der Waals surface area contributed by atoms with Crippen LogP contribution in [-0.4, -0.2) is 7.11 Å². The van der Waals surface area contributed by atoms with Gasteiger partial charge in [0.2, 0.25) is 0 Å². The van der Waals surface area contributed by atoms with Crippen LogP contribution in [-0.2, 0) is 17.9 Å². The van der Waals surface area contributed by atoms with Crippen molar-refractivity contribution in [2.75, 3.05) is 7.11 Å². The smallest absolute Gasteiger partial charge is 0.142 e. The minimum absolute atomic E-state index is 0.0443. The van der Waals surface area contributed by atoms with Gasteiger partial charge in [-0.2, -0.15) is 0 Å². The Kier molecular flexibility index (Phi) is 5.74. The van der Waals surface area contributed by atoms with E-state index < -0.39 is 0 Å². The van der Waals surface area contributed by atoms with Crippen molar-refractivity contribution in [3.05, 3.63) is 70.0 Å². The van der Waals surface area contributed by atoms with Gasteiger partial charge in [0.25, 0.3) is 0 Å². The van der Waals surface area contributed by atoms with Crippen LogP contribution in [0.1, 0.15) is 29.7 Å². The SMILES string of the molecule is COCc1cccc(CNC(C)c2ccc(Cl)c(F)c2)c1. The summed E-state index contributed by atoms with van der Waals surface area (Å²) < 4.78 is 18.6. The lowest BCUT2D eigenvalue weighted by molar-refractivity contribution is 0.185. The molecule has 0 heterocycles.